The molecule has 1 heterocycles. The van der Waals surface area contributed by atoms with E-state index in [0.717, 1.165) is 25.1 Å². The summed E-state index contributed by atoms with van der Waals surface area (Å²) in [5.74, 6) is 0.802. The highest BCUT2D eigenvalue weighted by Crippen LogP contribution is 2.21. The third-order valence-electron chi connectivity index (χ3n) is 3.30. The van der Waals surface area contributed by atoms with E-state index in [9.17, 15) is 4.79 Å². The van der Waals surface area contributed by atoms with Gasteiger partial charge in [0.2, 0.25) is 0 Å². The average molecular weight is 248 g/mol. The first-order chi connectivity index (χ1) is 8.76. The molecule has 0 bridgehead atoms. The molecular weight excluding hydrogens is 228 g/mol. The minimum absolute atomic E-state index is 0.0597. The van der Waals surface area contributed by atoms with Crippen LogP contribution in [0.25, 0.3) is 0 Å². The van der Waals surface area contributed by atoms with E-state index < -0.39 is 0 Å². The molecule has 0 spiro atoms. The summed E-state index contributed by atoms with van der Waals surface area (Å²) < 4.78 is 5.42. The first kappa shape index (κ1) is 12.9. The van der Waals surface area contributed by atoms with Crippen molar-refractivity contribution in [2.45, 2.75) is 25.8 Å². The van der Waals surface area contributed by atoms with Crippen LogP contribution in [0.2, 0.25) is 0 Å². The number of rotatable bonds is 4. The highest BCUT2D eigenvalue weighted by atomic mass is 16.5. The SMILES string of the molecule is CCOc1cccc(C(=O)N2CCCC2CN)c1. The Morgan fingerprint density at radius 1 is 1.56 bits per heavy atom. The summed E-state index contributed by atoms with van der Waals surface area (Å²) in [6.45, 7) is 3.88. The van der Waals surface area contributed by atoms with Crippen molar-refractivity contribution in [1.82, 2.24) is 4.90 Å². The molecule has 1 atom stereocenters. The van der Waals surface area contributed by atoms with Crippen LogP contribution >= 0.6 is 0 Å². The molecule has 1 fully saturated rings. The summed E-state index contributed by atoms with van der Waals surface area (Å²) >= 11 is 0. The van der Waals surface area contributed by atoms with E-state index in [4.69, 9.17) is 10.5 Å². The Kier molecular flexibility index (Phi) is 4.20. The minimum Gasteiger partial charge on any atom is -0.494 e. The fourth-order valence-electron chi connectivity index (χ4n) is 2.40. The van der Waals surface area contributed by atoms with Crippen LogP contribution in [0.15, 0.2) is 24.3 Å². The smallest absolute Gasteiger partial charge is 0.254 e. The molecule has 1 saturated heterocycles. The Hall–Kier alpha value is -1.55. The molecular formula is C14H20N2O2. The molecule has 98 valence electrons. The molecule has 1 aliphatic rings. The van der Waals surface area contributed by atoms with E-state index in [0.29, 0.717) is 18.7 Å². The third-order valence-corrected chi connectivity index (χ3v) is 3.30. The first-order valence-electron chi connectivity index (χ1n) is 6.50. The predicted molar refractivity (Wildman–Crippen MR) is 70.7 cm³/mol. The van der Waals surface area contributed by atoms with Crippen LogP contribution in [-0.2, 0) is 0 Å². The number of carbonyl (C=O) groups excluding carboxylic acids is 1. The van der Waals surface area contributed by atoms with Crippen LogP contribution in [0.3, 0.4) is 0 Å². The van der Waals surface area contributed by atoms with Gasteiger partial charge in [-0.1, -0.05) is 6.07 Å². The highest BCUT2D eigenvalue weighted by Gasteiger charge is 2.28. The van der Waals surface area contributed by atoms with Crippen molar-refractivity contribution in [2.75, 3.05) is 19.7 Å². The Labute approximate surface area is 108 Å². The van der Waals surface area contributed by atoms with Crippen molar-refractivity contribution in [2.24, 2.45) is 5.73 Å². The van der Waals surface area contributed by atoms with Crippen LogP contribution in [0.5, 0.6) is 5.75 Å². The average Bonchev–Trinajstić information content (AvgIpc) is 2.87. The fraction of sp³-hybridized carbons (Fsp3) is 0.500. The molecule has 1 aliphatic heterocycles. The molecule has 0 aromatic heterocycles. The number of ether oxygens (including phenoxy) is 1. The molecule has 2 rings (SSSR count). The van der Waals surface area contributed by atoms with E-state index in [1.54, 1.807) is 6.07 Å². The lowest BCUT2D eigenvalue weighted by Gasteiger charge is -2.23. The normalized spacial score (nSPS) is 19.0. The molecule has 4 nitrogen and oxygen atoms in total. The molecule has 18 heavy (non-hydrogen) atoms. The second-order valence-electron chi connectivity index (χ2n) is 4.49. The number of nitrogens with two attached hydrogens (primary N) is 1. The topological polar surface area (TPSA) is 55.6 Å². The van der Waals surface area contributed by atoms with Gasteiger partial charge in [0.15, 0.2) is 0 Å². The Balaban J connectivity index is 2.15. The zero-order valence-corrected chi connectivity index (χ0v) is 10.8. The number of carbonyl (C=O) groups is 1. The lowest BCUT2D eigenvalue weighted by Crippen LogP contribution is -2.39. The van der Waals surface area contributed by atoms with Gasteiger partial charge >= 0.3 is 0 Å². The van der Waals surface area contributed by atoms with Crippen molar-refractivity contribution >= 4 is 5.91 Å². The van der Waals surface area contributed by atoms with Gasteiger partial charge in [0, 0.05) is 24.7 Å². The maximum atomic E-state index is 12.4. The van der Waals surface area contributed by atoms with Crippen molar-refractivity contribution < 1.29 is 9.53 Å². The standard InChI is InChI=1S/C14H20N2O2/c1-2-18-13-7-3-5-11(9-13)14(17)16-8-4-6-12(16)10-15/h3,5,7,9,12H,2,4,6,8,10,15H2,1H3. The number of benzene rings is 1. The van der Waals surface area contributed by atoms with Crippen LogP contribution in [-0.4, -0.2) is 36.5 Å². The van der Waals surface area contributed by atoms with E-state index in [1.807, 2.05) is 30.0 Å². The molecule has 0 radical (unpaired) electrons. The summed E-state index contributed by atoms with van der Waals surface area (Å²) in [6.07, 6.45) is 2.05. The van der Waals surface area contributed by atoms with Gasteiger partial charge in [-0.2, -0.15) is 0 Å². The first-order valence-corrected chi connectivity index (χ1v) is 6.50. The molecule has 1 aromatic rings. The molecule has 0 saturated carbocycles. The number of hydrogen-bond acceptors (Lipinski definition) is 3. The largest absolute Gasteiger partial charge is 0.494 e. The monoisotopic (exact) mass is 248 g/mol. The minimum atomic E-state index is 0.0597. The zero-order valence-electron chi connectivity index (χ0n) is 10.8. The van der Waals surface area contributed by atoms with E-state index in [1.165, 1.54) is 0 Å². The third kappa shape index (κ3) is 2.64. The lowest BCUT2D eigenvalue weighted by molar-refractivity contribution is 0.0740. The quantitative estimate of drug-likeness (QED) is 0.881. The second kappa shape index (κ2) is 5.87. The number of hydrogen-bond donors (Lipinski definition) is 1. The molecule has 1 amide bonds. The number of likely N-dealkylation sites (tertiary alicyclic amines) is 1. The van der Waals surface area contributed by atoms with E-state index >= 15 is 0 Å². The summed E-state index contributed by atoms with van der Waals surface area (Å²) in [5, 5.41) is 0. The van der Waals surface area contributed by atoms with E-state index in [2.05, 4.69) is 0 Å². The Bertz CT molecular complexity index is 420. The zero-order chi connectivity index (χ0) is 13.0. The number of amides is 1. The predicted octanol–water partition coefficient (Wildman–Crippen LogP) is 1.65. The molecule has 1 unspecified atom stereocenters. The van der Waals surface area contributed by atoms with Gasteiger partial charge in [0.25, 0.3) is 5.91 Å². The second-order valence-corrected chi connectivity index (χ2v) is 4.49. The maximum absolute atomic E-state index is 12.4. The summed E-state index contributed by atoms with van der Waals surface area (Å²) in [7, 11) is 0. The molecule has 2 N–H and O–H groups in total. The van der Waals surface area contributed by atoms with Gasteiger partial charge in [-0.3, -0.25) is 4.79 Å². The van der Waals surface area contributed by atoms with Gasteiger partial charge in [-0.05, 0) is 38.0 Å². The van der Waals surface area contributed by atoms with Crippen molar-refractivity contribution in [1.29, 1.82) is 0 Å². The van der Waals surface area contributed by atoms with Crippen LogP contribution in [0.4, 0.5) is 0 Å². The summed E-state index contributed by atoms with van der Waals surface area (Å²) in [4.78, 5) is 14.3. The lowest BCUT2D eigenvalue weighted by atomic mass is 10.1. The van der Waals surface area contributed by atoms with E-state index in [-0.39, 0.29) is 11.9 Å². The van der Waals surface area contributed by atoms with Crippen molar-refractivity contribution in [3.63, 3.8) is 0 Å². The van der Waals surface area contributed by atoms with Crippen LogP contribution in [0, 0.1) is 0 Å². The molecule has 4 heteroatoms. The van der Waals surface area contributed by atoms with Crippen LogP contribution < -0.4 is 10.5 Å². The van der Waals surface area contributed by atoms with Gasteiger partial charge in [-0.25, -0.2) is 0 Å². The maximum Gasteiger partial charge on any atom is 0.254 e. The van der Waals surface area contributed by atoms with Gasteiger partial charge in [-0.15, -0.1) is 0 Å². The Morgan fingerprint density at radius 3 is 3.11 bits per heavy atom. The fourth-order valence-corrected chi connectivity index (χ4v) is 2.40. The van der Waals surface area contributed by atoms with Crippen LogP contribution in [0.1, 0.15) is 30.1 Å². The van der Waals surface area contributed by atoms with Crippen molar-refractivity contribution in [3.05, 3.63) is 29.8 Å². The highest BCUT2D eigenvalue weighted by molar-refractivity contribution is 5.95. The van der Waals surface area contributed by atoms with Crippen molar-refractivity contribution in [3.8, 4) is 5.75 Å². The summed E-state index contributed by atoms with van der Waals surface area (Å²) in [5.41, 5.74) is 6.38. The van der Waals surface area contributed by atoms with Gasteiger partial charge in [0.05, 0.1) is 6.61 Å². The van der Waals surface area contributed by atoms with Gasteiger partial charge in [0.1, 0.15) is 5.75 Å². The number of nitrogens with zero attached hydrogens (tertiary/aromatic N) is 1. The molecule has 0 aliphatic carbocycles. The Morgan fingerprint density at radius 2 is 2.39 bits per heavy atom. The van der Waals surface area contributed by atoms with Gasteiger partial charge < -0.3 is 15.4 Å². The molecule has 1 aromatic carbocycles. The summed E-state index contributed by atoms with van der Waals surface area (Å²) in [6, 6.07) is 7.54.